The molecule has 1 aromatic rings. The van der Waals surface area contributed by atoms with Crippen LogP contribution in [0.3, 0.4) is 0 Å². The van der Waals surface area contributed by atoms with Crippen LogP contribution in [-0.4, -0.2) is 39.6 Å². The van der Waals surface area contributed by atoms with Crippen LogP contribution in [-0.2, 0) is 15.6 Å². The van der Waals surface area contributed by atoms with E-state index < -0.39 is 10.8 Å². The van der Waals surface area contributed by atoms with Crippen molar-refractivity contribution < 1.29 is 9.00 Å². The second-order valence-corrected chi connectivity index (χ2v) is 7.63. The van der Waals surface area contributed by atoms with Gasteiger partial charge in [-0.1, -0.05) is 20.3 Å². The normalized spacial score (nSPS) is 25.9. The van der Waals surface area contributed by atoms with Gasteiger partial charge in [-0.05, 0) is 28.3 Å². The Labute approximate surface area is 127 Å². The number of nitrogens with one attached hydrogen (secondary N) is 1. The molecule has 2 rings (SSSR count). The molecule has 1 aliphatic rings. The van der Waals surface area contributed by atoms with Crippen LogP contribution in [0.15, 0.2) is 16.8 Å². The van der Waals surface area contributed by atoms with Crippen molar-refractivity contribution in [3.05, 3.63) is 22.4 Å². The lowest BCUT2D eigenvalue weighted by Gasteiger charge is -2.23. The standard InChI is InChI=1S/C14H22N2O2S2/c1-4-10(2)12-14(17)16(6-8-20(3)18)13(15-12)11-5-7-19-9-11/h5,7,9-10,12-13,15H,4,6,8H2,1-3H3. The molecule has 1 fully saturated rings. The molecule has 1 aromatic heterocycles. The zero-order valence-electron chi connectivity index (χ0n) is 12.2. The van der Waals surface area contributed by atoms with E-state index in [9.17, 15) is 9.00 Å². The first-order valence-electron chi connectivity index (χ1n) is 6.93. The molecule has 0 bridgehead atoms. The molecule has 0 aliphatic carbocycles. The first-order chi connectivity index (χ1) is 9.54. The third-order valence-electron chi connectivity index (χ3n) is 3.89. The summed E-state index contributed by atoms with van der Waals surface area (Å²) >= 11 is 1.63. The number of hydrogen-bond acceptors (Lipinski definition) is 4. The molecule has 6 heteroatoms. The molecule has 4 nitrogen and oxygen atoms in total. The largest absolute Gasteiger partial charge is 0.321 e. The van der Waals surface area contributed by atoms with Crippen LogP contribution < -0.4 is 5.32 Å². The fourth-order valence-electron chi connectivity index (χ4n) is 2.45. The zero-order valence-corrected chi connectivity index (χ0v) is 13.8. The SMILES string of the molecule is CCC(C)C1NC(c2ccsc2)N(CCS(C)=O)C1=O. The Hall–Kier alpha value is -0.720. The summed E-state index contributed by atoms with van der Waals surface area (Å²) in [5, 5.41) is 7.54. The van der Waals surface area contributed by atoms with Gasteiger partial charge < -0.3 is 4.90 Å². The van der Waals surface area contributed by atoms with Crippen LogP contribution in [0.4, 0.5) is 0 Å². The Kier molecular flexibility index (Phi) is 5.35. The molecule has 4 unspecified atom stereocenters. The van der Waals surface area contributed by atoms with E-state index in [0.29, 0.717) is 18.2 Å². The summed E-state index contributed by atoms with van der Waals surface area (Å²) < 4.78 is 11.3. The monoisotopic (exact) mass is 314 g/mol. The van der Waals surface area contributed by atoms with Crippen molar-refractivity contribution in [2.24, 2.45) is 5.92 Å². The summed E-state index contributed by atoms with van der Waals surface area (Å²) in [6.07, 6.45) is 2.57. The molecule has 0 saturated carbocycles. The van der Waals surface area contributed by atoms with Crippen molar-refractivity contribution in [1.82, 2.24) is 10.2 Å². The maximum absolute atomic E-state index is 12.6. The van der Waals surface area contributed by atoms with E-state index in [1.807, 2.05) is 16.3 Å². The molecule has 1 amide bonds. The molecule has 112 valence electrons. The van der Waals surface area contributed by atoms with Gasteiger partial charge in [0.15, 0.2) is 0 Å². The number of rotatable bonds is 6. The van der Waals surface area contributed by atoms with Gasteiger partial charge in [0.2, 0.25) is 5.91 Å². The molecule has 2 heterocycles. The quantitative estimate of drug-likeness (QED) is 0.873. The average molecular weight is 314 g/mol. The van der Waals surface area contributed by atoms with E-state index >= 15 is 0 Å². The second-order valence-electron chi connectivity index (χ2n) is 5.30. The second kappa shape index (κ2) is 6.83. The van der Waals surface area contributed by atoms with E-state index in [-0.39, 0.29) is 18.1 Å². The first kappa shape index (κ1) is 15.7. The Morgan fingerprint density at radius 1 is 1.55 bits per heavy atom. The van der Waals surface area contributed by atoms with Crippen LogP contribution >= 0.6 is 11.3 Å². The van der Waals surface area contributed by atoms with Gasteiger partial charge in [0.25, 0.3) is 0 Å². The molecule has 0 spiro atoms. The zero-order chi connectivity index (χ0) is 14.7. The third-order valence-corrected chi connectivity index (χ3v) is 5.35. The Balaban J connectivity index is 2.19. The summed E-state index contributed by atoms with van der Waals surface area (Å²) in [6.45, 7) is 4.74. The lowest BCUT2D eigenvalue weighted by atomic mass is 9.99. The molecule has 1 aliphatic heterocycles. The Morgan fingerprint density at radius 2 is 2.30 bits per heavy atom. The van der Waals surface area contributed by atoms with E-state index in [1.165, 1.54) is 0 Å². The van der Waals surface area contributed by atoms with Crippen LogP contribution in [0.1, 0.15) is 32.0 Å². The van der Waals surface area contributed by atoms with Crippen molar-refractivity contribution in [2.45, 2.75) is 32.5 Å². The number of amides is 1. The van der Waals surface area contributed by atoms with Crippen LogP contribution in [0, 0.1) is 5.92 Å². The summed E-state index contributed by atoms with van der Waals surface area (Å²) in [4.78, 5) is 14.4. The minimum atomic E-state index is -0.881. The van der Waals surface area contributed by atoms with E-state index in [0.717, 1.165) is 12.0 Å². The number of carbonyl (C=O) groups excluding carboxylic acids is 1. The third kappa shape index (κ3) is 3.30. The highest BCUT2D eigenvalue weighted by molar-refractivity contribution is 7.84. The van der Waals surface area contributed by atoms with E-state index in [1.54, 1.807) is 17.6 Å². The topological polar surface area (TPSA) is 49.4 Å². The molecule has 20 heavy (non-hydrogen) atoms. The van der Waals surface area contributed by atoms with Crippen LogP contribution in [0.5, 0.6) is 0 Å². The van der Waals surface area contributed by atoms with Gasteiger partial charge in [0, 0.05) is 29.4 Å². The molecule has 0 radical (unpaired) electrons. The maximum atomic E-state index is 12.6. The molecule has 1 N–H and O–H groups in total. The van der Waals surface area contributed by atoms with Gasteiger partial charge in [0.1, 0.15) is 6.17 Å². The van der Waals surface area contributed by atoms with Crippen molar-refractivity contribution in [2.75, 3.05) is 18.6 Å². The average Bonchev–Trinajstić information content (AvgIpc) is 3.03. The molecular weight excluding hydrogens is 292 g/mol. The van der Waals surface area contributed by atoms with Gasteiger partial charge in [-0.2, -0.15) is 11.3 Å². The van der Waals surface area contributed by atoms with E-state index in [2.05, 4.69) is 24.5 Å². The minimum absolute atomic E-state index is 0.0729. The van der Waals surface area contributed by atoms with Crippen molar-refractivity contribution in [3.63, 3.8) is 0 Å². The number of carbonyl (C=O) groups is 1. The maximum Gasteiger partial charge on any atom is 0.241 e. The Morgan fingerprint density at radius 3 is 2.85 bits per heavy atom. The highest BCUT2D eigenvalue weighted by Crippen LogP contribution is 2.29. The number of hydrogen-bond donors (Lipinski definition) is 1. The predicted molar refractivity (Wildman–Crippen MR) is 84.1 cm³/mol. The van der Waals surface area contributed by atoms with Gasteiger partial charge in [-0.15, -0.1) is 0 Å². The summed E-state index contributed by atoms with van der Waals surface area (Å²) in [7, 11) is -0.881. The summed E-state index contributed by atoms with van der Waals surface area (Å²) in [5.74, 6) is 0.975. The van der Waals surface area contributed by atoms with Gasteiger partial charge >= 0.3 is 0 Å². The van der Waals surface area contributed by atoms with Crippen molar-refractivity contribution in [1.29, 1.82) is 0 Å². The van der Waals surface area contributed by atoms with Crippen molar-refractivity contribution >= 4 is 28.0 Å². The summed E-state index contributed by atoms with van der Waals surface area (Å²) in [6, 6.07) is 1.92. The number of nitrogens with zero attached hydrogens (tertiary/aromatic N) is 1. The molecule has 0 aromatic carbocycles. The fourth-order valence-corrected chi connectivity index (χ4v) is 3.59. The van der Waals surface area contributed by atoms with Gasteiger partial charge in [0.05, 0.1) is 6.04 Å². The summed E-state index contributed by atoms with van der Waals surface area (Å²) in [5.41, 5.74) is 1.12. The molecule has 4 atom stereocenters. The van der Waals surface area contributed by atoms with E-state index in [4.69, 9.17) is 0 Å². The lowest BCUT2D eigenvalue weighted by molar-refractivity contribution is -0.130. The van der Waals surface area contributed by atoms with Gasteiger partial charge in [-0.25, -0.2) is 0 Å². The highest BCUT2D eigenvalue weighted by Gasteiger charge is 2.41. The molecular formula is C14H22N2O2S2. The smallest absolute Gasteiger partial charge is 0.241 e. The van der Waals surface area contributed by atoms with Crippen molar-refractivity contribution in [3.8, 4) is 0 Å². The first-order valence-corrected chi connectivity index (χ1v) is 9.60. The van der Waals surface area contributed by atoms with Crippen LogP contribution in [0.25, 0.3) is 0 Å². The predicted octanol–water partition coefficient (Wildman–Crippen LogP) is 1.97. The lowest BCUT2D eigenvalue weighted by Crippen LogP contribution is -2.36. The fraction of sp³-hybridized carbons (Fsp3) is 0.643. The highest BCUT2D eigenvalue weighted by atomic mass is 32.2. The van der Waals surface area contributed by atoms with Crippen LogP contribution in [0.2, 0.25) is 0 Å². The minimum Gasteiger partial charge on any atom is -0.321 e. The Bertz CT molecular complexity index is 476. The molecule has 1 saturated heterocycles. The van der Waals surface area contributed by atoms with Gasteiger partial charge in [-0.3, -0.25) is 14.3 Å². The number of thiophene rings is 1.